The van der Waals surface area contributed by atoms with Crippen molar-refractivity contribution in [2.45, 2.75) is 6.92 Å². The van der Waals surface area contributed by atoms with Gasteiger partial charge in [-0.05, 0) is 24.6 Å². The van der Waals surface area contributed by atoms with E-state index in [1.54, 1.807) is 6.92 Å². The molecule has 22 heavy (non-hydrogen) atoms. The quantitative estimate of drug-likeness (QED) is 0.634. The minimum absolute atomic E-state index is 0.00337. The molecule has 2 aromatic rings. The number of ketones is 2. The van der Waals surface area contributed by atoms with E-state index in [2.05, 4.69) is 0 Å². The molecule has 0 unspecified atom stereocenters. The molecule has 0 aliphatic heterocycles. The third kappa shape index (κ3) is 1.60. The Morgan fingerprint density at radius 3 is 2.14 bits per heavy atom. The number of aryl methyl sites for hydroxylation is 1. The predicted molar refractivity (Wildman–Crippen MR) is 76.0 cm³/mol. The number of carbonyl (C=O) groups is 2. The van der Waals surface area contributed by atoms with Crippen LogP contribution >= 0.6 is 0 Å². The minimum Gasteiger partial charge on any atom is -0.507 e. The van der Waals surface area contributed by atoms with E-state index in [1.807, 2.05) is 0 Å². The van der Waals surface area contributed by atoms with Gasteiger partial charge in [0, 0.05) is 11.1 Å². The van der Waals surface area contributed by atoms with E-state index in [1.165, 1.54) is 19.2 Å². The molecule has 0 fully saturated rings. The summed E-state index contributed by atoms with van der Waals surface area (Å²) in [4.78, 5) is 25.1. The van der Waals surface area contributed by atoms with E-state index >= 15 is 0 Å². The minimum atomic E-state index is -0.640. The number of phenolic OH excluding ortho intramolecular Hbond substituents is 3. The second-order valence-corrected chi connectivity index (χ2v) is 5.01. The highest BCUT2D eigenvalue weighted by Gasteiger charge is 2.36. The Morgan fingerprint density at radius 1 is 0.909 bits per heavy atom. The summed E-state index contributed by atoms with van der Waals surface area (Å²) in [5, 5.41) is 30.0. The molecule has 0 bridgehead atoms. The standard InChI is InChI=1S/C16H12O6/c1-6-3-4-7-10(12(6)18)14(20)8-5-9(17)16(22-2)15(21)11(8)13(7)19/h3-5,17-18,21H,1-2H3. The second-order valence-electron chi connectivity index (χ2n) is 5.01. The van der Waals surface area contributed by atoms with Crippen molar-refractivity contribution in [2.75, 3.05) is 7.11 Å². The van der Waals surface area contributed by atoms with Crippen LogP contribution in [-0.4, -0.2) is 34.0 Å². The molecule has 0 atom stereocenters. The van der Waals surface area contributed by atoms with Crippen molar-refractivity contribution in [1.29, 1.82) is 0 Å². The normalized spacial score (nSPS) is 12.8. The Hall–Kier alpha value is -3.02. The lowest BCUT2D eigenvalue weighted by molar-refractivity contribution is 0.0973. The van der Waals surface area contributed by atoms with Gasteiger partial charge in [-0.25, -0.2) is 0 Å². The molecule has 0 radical (unpaired) electrons. The van der Waals surface area contributed by atoms with Gasteiger partial charge in [-0.15, -0.1) is 0 Å². The van der Waals surface area contributed by atoms with E-state index in [0.29, 0.717) is 5.56 Å². The molecule has 6 nitrogen and oxygen atoms in total. The number of aromatic hydroxyl groups is 3. The van der Waals surface area contributed by atoms with Crippen molar-refractivity contribution in [3.8, 4) is 23.0 Å². The van der Waals surface area contributed by atoms with Crippen LogP contribution in [0.2, 0.25) is 0 Å². The summed E-state index contributed by atoms with van der Waals surface area (Å²) in [7, 11) is 1.22. The van der Waals surface area contributed by atoms with Gasteiger partial charge in [0.05, 0.1) is 18.2 Å². The summed E-state index contributed by atoms with van der Waals surface area (Å²) in [6, 6.07) is 3.99. The van der Waals surface area contributed by atoms with Gasteiger partial charge in [-0.3, -0.25) is 9.59 Å². The zero-order valence-corrected chi connectivity index (χ0v) is 11.8. The Morgan fingerprint density at radius 2 is 1.50 bits per heavy atom. The topological polar surface area (TPSA) is 104 Å². The molecular weight excluding hydrogens is 288 g/mol. The van der Waals surface area contributed by atoms with Gasteiger partial charge in [-0.1, -0.05) is 6.07 Å². The largest absolute Gasteiger partial charge is 0.507 e. The first kappa shape index (κ1) is 13.9. The van der Waals surface area contributed by atoms with Crippen molar-refractivity contribution in [1.82, 2.24) is 0 Å². The van der Waals surface area contributed by atoms with Crippen LogP contribution in [0.1, 0.15) is 37.4 Å². The molecule has 0 saturated heterocycles. The molecule has 3 rings (SSSR count). The number of fused-ring (bicyclic) bond motifs is 2. The SMILES string of the molecule is COc1c(O)cc2c(c1O)C(=O)c1ccc(C)c(O)c1C2=O. The molecule has 0 aromatic heterocycles. The average Bonchev–Trinajstić information content (AvgIpc) is 2.47. The summed E-state index contributed by atoms with van der Waals surface area (Å²) < 4.78 is 4.84. The van der Waals surface area contributed by atoms with Gasteiger partial charge < -0.3 is 20.1 Å². The highest BCUT2D eigenvalue weighted by atomic mass is 16.5. The number of hydrogen-bond acceptors (Lipinski definition) is 6. The van der Waals surface area contributed by atoms with Crippen LogP contribution in [0, 0.1) is 6.92 Å². The number of methoxy groups -OCH3 is 1. The fourth-order valence-corrected chi connectivity index (χ4v) is 2.63. The van der Waals surface area contributed by atoms with E-state index in [9.17, 15) is 24.9 Å². The zero-order chi connectivity index (χ0) is 16.2. The summed E-state index contributed by atoms with van der Waals surface area (Å²) in [5.41, 5.74) is -0.0833. The molecular formula is C16H12O6. The Balaban J connectivity index is 2.39. The van der Waals surface area contributed by atoms with Gasteiger partial charge in [0.15, 0.2) is 23.1 Å². The molecule has 1 aliphatic carbocycles. The molecule has 0 saturated carbocycles. The van der Waals surface area contributed by atoms with Crippen molar-refractivity contribution in [3.05, 3.63) is 46.0 Å². The zero-order valence-electron chi connectivity index (χ0n) is 11.8. The number of rotatable bonds is 1. The van der Waals surface area contributed by atoms with Crippen LogP contribution < -0.4 is 4.74 Å². The summed E-state index contributed by atoms with van der Waals surface area (Å²) in [5.74, 6) is -2.87. The maximum absolute atomic E-state index is 12.6. The third-order valence-corrected chi connectivity index (χ3v) is 3.76. The number of ether oxygens (including phenoxy) is 1. The Bertz CT molecular complexity index is 850. The van der Waals surface area contributed by atoms with E-state index in [0.717, 1.165) is 6.07 Å². The fraction of sp³-hybridized carbons (Fsp3) is 0.125. The molecule has 1 aliphatic rings. The smallest absolute Gasteiger partial charge is 0.203 e. The summed E-state index contributed by atoms with van der Waals surface area (Å²) >= 11 is 0. The Labute approximate surface area is 125 Å². The predicted octanol–water partition coefficient (Wildman–Crippen LogP) is 1.90. The maximum atomic E-state index is 12.6. The number of carbonyl (C=O) groups excluding carboxylic acids is 2. The molecule has 0 heterocycles. The number of benzene rings is 2. The van der Waals surface area contributed by atoms with Crippen molar-refractivity contribution in [3.63, 3.8) is 0 Å². The van der Waals surface area contributed by atoms with Crippen molar-refractivity contribution in [2.24, 2.45) is 0 Å². The van der Waals surface area contributed by atoms with Gasteiger partial charge in [0.1, 0.15) is 5.75 Å². The highest BCUT2D eigenvalue weighted by Crippen LogP contribution is 2.45. The van der Waals surface area contributed by atoms with Crippen LogP contribution in [0.3, 0.4) is 0 Å². The lowest BCUT2D eigenvalue weighted by atomic mass is 9.82. The first-order chi connectivity index (χ1) is 10.4. The van der Waals surface area contributed by atoms with Gasteiger partial charge in [0.25, 0.3) is 0 Å². The van der Waals surface area contributed by atoms with Crippen LogP contribution in [0.4, 0.5) is 0 Å². The number of hydrogen-bond donors (Lipinski definition) is 3. The van der Waals surface area contributed by atoms with Gasteiger partial charge in [-0.2, -0.15) is 0 Å². The third-order valence-electron chi connectivity index (χ3n) is 3.76. The molecule has 112 valence electrons. The van der Waals surface area contributed by atoms with Crippen LogP contribution in [0.25, 0.3) is 0 Å². The number of phenols is 3. The van der Waals surface area contributed by atoms with Gasteiger partial charge in [0.2, 0.25) is 5.75 Å². The van der Waals surface area contributed by atoms with Crippen LogP contribution in [-0.2, 0) is 0 Å². The van der Waals surface area contributed by atoms with Crippen LogP contribution in [0.5, 0.6) is 23.0 Å². The lowest BCUT2D eigenvalue weighted by Gasteiger charge is -2.21. The monoisotopic (exact) mass is 300 g/mol. The molecule has 0 spiro atoms. The van der Waals surface area contributed by atoms with Crippen LogP contribution in [0.15, 0.2) is 18.2 Å². The molecule has 6 heteroatoms. The van der Waals surface area contributed by atoms with Crippen molar-refractivity contribution < 1.29 is 29.6 Å². The lowest BCUT2D eigenvalue weighted by Crippen LogP contribution is -2.21. The summed E-state index contributed by atoms with van der Waals surface area (Å²) in [6.45, 7) is 1.60. The fourth-order valence-electron chi connectivity index (χ4n) is 2.63. The summed E-state index contributed by atoms with van der Waals surface area (Å²) in [6.07, 6.45) is 0. The molecule has 2 aromatic carbocycles. The maximum Gasteiger partial charge on any atom is 0.203 e. The highest BCUT2D eigenvalue weighted by molar-refractivity contribution is 6.30. The first-order valence-corrected chi connectivity index (χ1v) is 6.43. The van der Waals surface area contributed by atoms with Gasteiger partial charge >= 0.3 is 0 Å². The van der Waals surface area contributed by atoms with Crippen molar-refractivity contribution >= 4 is 11.6 Å². The molecule has 0 amide bonds. The average molecular weight is 300 g/mol. The molecule has 3 N–H and O–H groups in total. The second kappa shape index (κ2) is 4.49. The van der Waals surface area contributed by atoms with E-state index < -0.39 is 23.1 Å². The first-order valence-electron chi connectivity index (χ1n) is 6.43. The Kier molecular flexibility index (Phi) is 2.84. The van der Waals surface area contributed by atoms with E-state index in [4.69, 9.17) is 4.74 Å². The van der Waals surface area contributed by atoms with E-state index in [-0.39, 0.29) is 33.8 Å².